The zero-order chi connectivity index (χ0) is 41.8. The lowest BCUT2D eigenvalue weighted by atomic mass is 9.69. The fraction of sp³-hybridized carbons (Fsp3) is 0.429. The number of phenols is 1. The smallest absolute Gasteiger partial charge is 0.262 e. The van der Waals surface area contributed by atoms with Gasteiger partial charge in [-0.1, -0.05) is 48.5 Å². The summed E-state index contributed by atoms with van der Waals surface area (Å²) in [6.07, 6.45) is 6.17. The Hall–Kier alpha value is -5.59. The second-order valence-corrected chi connectivity index (χ2v) is 17.9. The van der Waals surface area contributed by atoms with Crippen LogP contribution in [0, 0.1) is 11.7 Å². The number of fused-ring (bicyclic) bond motifs is 4. The molecule has 316 valence electrons. The molecule has 1 aliphatic carbocycles. The molecule has 4 fully saturated rings. The van der Waals surface area contributed by atoms with E-state index in [1.807, 2.05) is 12.1 Å². The zero-order valence-electron chi connectivity index (χ0n) is 34.3. The van der Waals surface area contributed by atoms with E-state index in [-0.39, 0.29) is 42.0 Å². The van der Waals surface area contributed by atoms with E-state index in [2.05, 4.69) is 80.7 Å². The largest absolute Gasteiger partial charge is 0.508 e. The van der Waals surface area contributed by atoms with Crippen molar-refractivity contribution in [3.63, 3.8) is 0 Å². The minimum Gasteiger partial charge on any atom is -0.508 e. The molecule has 4 aromatic carbocycles. The highest BCUT2D eigenvalue weighted by Gasteiger charge is 2.47. The zero-order valence-corrected chi connectivity index (χ0v) is 34.3. The Bertz CT molecular complexity index is 2340. The van der Waals surface area contributed by atoms with Crippen LogP contribution in [0.3, 0.4) is 0 Å². The number of aromatic hydroxyl groups is 1. The minimum absolute atomic E-state index is 0.0313. The van der Waals surface area contributed by atoms with Gasteiger partial charge in [0.25, 0.3) is 11.8 Å². The molecule has 5 heterocycles. The van der Waals surface area contributed by atoms with Crippen molar-refractivity contribution in [2.24, 2.45) is 5.92 Å². The molecule has 4 aromatic rings. The molecule has 11 nitrogen and oxygen atoms in total. The molecule has 3 unspecified atom stereocenters. The van der Waals surface area contributed by atoms with Gasteiger partial charge >= 0.3 is 0 Å². The first-order chi connectivity index (χ1) is 29.7. The van der Waals surface area contributed by atoms with E-state index >= 15 is 4.39 Å². The van der Waals surface area contributed by atoms with Crippen LogP contribution in [0.5, 0.6) is 11.5 Å². The van der Waals surface area contributed by atoms with Crippen molar-refractivity contribution >= 4 is 29.3 Å². The lowest BCUT2D eigenvalue weighted by Crippen LogP contribution is -2.55. The maximum Gasteiger partial charge on any atom is 0.262 e. The predicted molar refractivity (Wildman–Crippen MR) is 227 cm³/mol. The molecule has 0 saturated carbocycles. The van der Waals surface area contributed by atoms with Crippen LogP contribution in [-0.2, 0) is 16.0 Å². The first kappa shape index (κ1) is 39.5. The molecule has 0 aromatic heterocycles. The molecular weight excluding hydrogens is 774 g/mol. The molecule has 5 aliphatic heterocycles. The number of hydrogen-bond acceptors (Lipinski definition) is 9. The number of ether oxygens (including phenoxy) is 1. The van der Waals surface area contributed by atoms with Crippen LogP contribution in [0.4, 0.5) is 10.1 Å². The molecule has 12 heteroatoms. The number of aryl methyl sites for hydroxylation is 1. The van der Waals surface area contributed by atoms with Gasteiger partial charge in [0.2, 0.25) is 11.8 Å². The Morgan fingerprint density at radius 1 is 0.738 bits per heavy atom. The van der Waals surface area contributed by atoms with Crippen LogP contribution in [0.1, 0.15) is 99.8 Å². The second kappa shape index (κ2) is 16.4. The van der Waals surface area contributed by atoms with Crippen molar-refractivity contribution in [3.05, 3.63) is 124 Å². The van der Waals surface area contributed by atoms with E-state index < -0.39 is 35.5 Å². The van der Waals surface area contributed by atoms with E-state index in [9.17, 15) is 24.3 Å². The van der Waals surface area contributed by atoms with Gasteiger partial charge in [-0.2, -0.15) is 0 Å². The third kappa shape index (κ3) is 7.58. The van der Waals surface area contributed by atoms with Gasteiger partial charge in [0.15, 0.2) is 0 Å². The van der Waals surface area contributed by atoms with E-state index in [1.54, 1.807) is 0 Å². The van der Waals surface area contributed by atoms with Crippen LogP contribution in [-0.4, -0.2) is 107 Å². The fourth-order valence-electron chi connectivity index (χ4n) is 11.3. The molecule has 2 bridgehead atoms. The van der Waals surface area contributed by atoms with Crippen molar-refractivity contribution in [3.8, 4) is 11.5 Å². The summed E-state index contributed by atoms with van der Waals surface area (Å²) in [6.45, 7) is 6.20. The molecule has 4 saturated heterocycles. The Kier molecular flexibility index (Phi) is 10.6. The van der Waals surface area contributed by atoms with Gasteiger partial charge < -0.3 is 14.7 Å². The number of imide groups is 2. The first-order valence-corrected chi connectivity index (χ1v) is 22.1. The summed E-state index contributed by atoms with van der Waals surface area (Å²) < 4.78 is 22.1. The van der Waals surface area contributed by atoms with Crippen molar-refractivity contribution < 1.29 is 33.4 Å². The number of carbonyl (C=O) groups excluding carboxylic acids is 4. The van der Waals surface area contributed by atoms with Crippen LogP contribution in [0.2, 0.25) is 0 Å². The molecule has 10 rings (SSSR count). The number of nitrogens with one attached hydrogen (secondary N) is 1. The van der Waals surface area contributed by atoms with Gasteiger partial charge in [0.1, 0.15) is 30.0 Å². The van der Waals surface area contributed by atoms with Crippen LogP contribution < -0.4 is 15.0 Å². The quantitative estimate of drug-likeness (QED) is 0.179. The van der Waals surface area contributed by atoms with Crippen LogP contribution >= 0.6 is 0 Å². The van der Waals surface area contributed by atoms with Gasteiger partial charge in [-0.3, -0.25) is 39.2 Å². The number of benzene rings is 4. The van der Waals surface area contributed by atoms with E-state index in [1.165, 1.54) is 28.3 Å². The number of phenolic OH excluding ortho intramolecular Hbond substituents is 1. The number of piperazine rings is 1. The highest BCUT2D eigenvalue weighted by atomic mass is 19.1. The number of rotatable bonds is 10. The molecule has 0 radical (unpaired) electrons. The number of likely N-dealkylation sites (tertiary alicyclic amines) is 2. The maximum atomic E-state index is 15.8. The SMILES string of the molecule is O=C1CCC(N2C(=O)c3cc(F)c(N4C5CCC4CN(CC4CCN(CCOc6ccc([C@@H]7c8ccc(O)cc8CC[C@@H]7c7ccccc7)cc6)CC4)C5)cc3C2=O)C(=O)N1. The van der Waals surface area contributed by atoms with Crippen molar-refractivity contribution in [1.82, 2.24) is 20.0 Å². The Morgan fingerprint density at radius 3 is 2.18 bits per heavy atom. The van der Waals surface area contributed by atoms with E-state index in [4.69, 9.17) is 4.74 Å². The van der Waals surface area contributed by atoms with Gasteiger partial charge in [0.05, 0.1) is 16.8 Å². The third-order valence-corrected chi connectivity index (χ3v) is 14.3. The number of piperidine rings is 2. The number of amides is 4. The normalized spacial score (nSPS) is 25.8. The summed E-state index contributed by atoms with van der Waals surface area (Å²) in [4.78, 5) is 59.0. The molecule has 2 N–H and O–H groups in total. The van der Waals surface area contributed by atoms with Gasteiger partial charge in [-0.05, 0) is 129 Å². The minimum atomic E-state index is -1.08. The Morgan fingerprint density at radius 2 is 1.46 bits per heavy atom. The number of nitrogens with zero attached hydrogens (tertiary/aromatic N) is 4. The Balaban J connectivity index is 0.707. The van der Waals surface area contributed by atoms with Crippen LogP contribution in [0.25, 0.3) is 0 Å². The highest BCUT2D eigenvalue weighted by molar-refractivity contribution is 6.23. The van der Waals surface area contributed by atoms with E-state index in [0.29, 0.717) is 29.9 Å². The second-order valence-electron chi connectivity index (χ2n) is 17.9. The average molecular weight is 826 g/mol. The third-order valence-electron chi connectivity index (χ3n) is 14.3. The summed E-state index contributed by atoms with van der Waals surface area (Å²) >= 11 is 0. The van der Waals surface area contributed by atoms with E-state index in [0.717, 1.165) is 94.5 Å². The molecule has 5 atom stereocenters. The fourth-order valence-corrected chi connectivity index (χ4v) is 11.3. The highest BCUT2D eigenvalue weighted by Crippen LogP contribution is 2.47. The van der Waals surface area contributed by atoms with Gasteiger partial charge in [-0.15, -0.1) is 0 Å². The lowest BCUT2D eigenvalue weighted by Gasteiger charge is -2.44. The number of hydrogen-bond donors (Lipinski definition) is 2. The van der Waals surface area contributed by atoms with Crippen molar-refractivity contribution in [2.75, 3.05) is 50.8 Å². The number of anilines is 1. The van der Waals surface area contributed by atoms with Crippen LogP contribution in [0.15, 0.2) is 84.9 Å². The Labute approximate surface area is 355 Å². The molecule has 0 spiro atoms. The lowest BCUT2D eigenvalue weighted by molar-refractivity contribution is -0.136. The summed E-state index contributed by atoms with van der Waals surface area (Å²) in [5.41, 5.74) is 5.54. The van der Waals surface area contributed by atoms with Gasteiger partial charge in [-0.25, -0.2) is 4.39 Å². The predicted octanol–water partition coefficient (Wildman–Crippen LogP) is 6.24. The number of carbonyl (C=O) groups is 4. The standard InChI is InChI=1S/C49H52FN5O6/c50-42-25-40-41(49(60)55(48(40)59)43-16-17-45(57)51-47(43)58)26-44(42)54-34-9-10-35(54)29-53(28-34)27-30-18-20-52(21-19-30)22-23-61-37-12-6-32(7-13-37)46-38(31-4-2-1-3-5-31)14-8-33-24-36(56)11-15-39(33)46/h1-7,11-13,15,24-26,30,34-35,38,43,46,56H,8-10,14,16-23,27-29H2,(H,51,57,58)/t34?,35?,38-,43?,46+/m1/s1. The monoisotopic (exact) mass is 825 g/mol. The summed E-state index contributed by atoms with van der Waals surface area (Å²) in [6, 6.07) is 27.0. The summed E-state index contributed by atoms with van der Waals surface area (Å²) in [5.74, 6) is -0.612. The summed E-state index contributed by atoms with van der Waals surface area (Å²) in [5, 5.41) is 12.4. The molecule has 6 aliphatic rings. The van der Waals surface area contributed by atoms with Crippen molar-refractivity contribution in [1.29, 1.82) is 0 Å². The van der Waals surface area contributed by atoms with Gasteiger partial charge in [0, 0.05) is 50.6 Å². The molecular formula is C49H52FN5O6. The summed E-state index contributed by atoms with van der Waals surface area (Å²) in [7, 11) is 0. The average Bonchev–Trinajstić information content (AvgIpc) is 3.66. The topological polar surface area (TPSA) is 123 Å². The molecule has 4 amide bonds. The van der Waals surface area contributed by atoms with Crippen molar-refractivity contribution in [2.45, 2.75) is 81.3 Å². The number of halogens is 1. The maximum absolute atomic E-state index is 15.8. The first-order valence-electron chi connectivity index (χ1n) is 22.1. The molecule has 61 heavy (non-hydrogen) atoms.